The van der Waals surface area contributed by atoms with Crippen LogP contribution in [-0.2, 0) is 9.47 Å². The Morgan fingerprint density at radius 1 is 1.00 bits per heavy atom. The summed E-state index contributed by atoms with van der Waals surface area (Å²) in [6, 6.07) is 1.21. The van der Waals surface area contributed by atoms with Crippen LogP contribution in [0.15, 0.2) is 0 Å². The molecule has 3 saturated carbocycles. The van der Waals surface area contributed by atoms with Crippen molar-refractivity contribution in [2.75, 3.05) is 13.2 Å². The fraction of sp³-hybridized carbons (Fsp3) is 1.00. The van der Waals surface area contributed by atoms with E-state index in [0.29, 0.717) is 6.04 Å². The molecule has 2 bridgehead atoms. The van der Waals surface area contributed by atoms with Gasteiger partial charge in [-0.15, -0.1) is 0 Å². The molecule has 4 aliphatic rings. The molecule has 0 aromatic carbocycles. The zero-order chi connectivity index (χ0) is 11.6. The van der Waals surface area contributed by atoms with Crippen LogP contribution in [-0.4, -0.2) is 31.1 Å². The normalized spacial score (nSPS) is 51.5. The molecule has 96 valence electrons. The van der Waals surface area contributed by atoms with Gasteiger partial charge in [0.1, 0.15) is 0 Å². The van der Waals surface area contributed by atoms with Crippen molar-refractivity contribution in [2.45, 2.75) is 51.0 Å². The lowest BCUT2D eigenvalue weighted by Crippen LogP contribution is -2.50. The van der Waals surface area contributed by atoms with E-state index in [1.165, 1.54) is 19.3 Å². The molecular formula is C14H23NO2. The minimum absolute atomic E-state index is 0.378. The molecule has 0 radical (unpaired) electrons. The fourth-order valence-corrected chi connectivity index (χ4v) is 4.61. The Morgan fingerprint density at radius 3 is 2.18 bits per heavy atom. The lowest BCUT2D eigenvalue weighted by Gasteiger charge is -2.35. The third kappa shape index (κ3) is 1.66. The summed E-state index contributed by atoms with van der Waals surface area (Å²) in [6.07, 6.45) is 4.52. The molecule has 3 nitrogen and oxygen atoms in total. The highest BCUT2D eigenvalue weighted by molar-refractivity contribution is 5.17. The molecule has 3 aliphatic carbocycles. The standard InChI is InChI=1S/C14H23NO2/c1-14(2)16-6-10(7-17-14)15-13-11-8-3-4-9(5-8)12(11)13/h8-13,15H,3-7H2,1-2H3. The smallest absolute Gasteiger partial charge is 0.162 e. The van der Waals surface area contributed by atoms with Crippen LogP contribution in [0.4, 0.5) is 0 Å². The Kier molecular flexibility index (Phi) is 2.19. The first-order chi connectivity index (χ1) is 8.14. The van der Waals surface area contributed by atoms with Crippen molar-refractivity contribution in [2.24, 2.45) is 23.7 Å². The van der Waals surface area contributed by atoms with Crippen LogP contribution in [0.3, 0.4) is 0 Å². The van der Waals surface area contributed by atoms with Gasteiger partial charge < -0.3 is 14.8 Å². The number of ether oxygens (including phenoxy) is 2. The first-order valence-electron chi connectivity index (χ1n) is 7.18. The van der Waals surface area contributed by atoms with Gasteiger partial charge in [0.15, 0.2) is 5.79 Å². The summed E-state index contributed by atoms with van der Waals surface area (Å²) in [4.78, 5) is 0. The molecule has 3 heteroatoms. The van der Waals surface area contributed by atoms with E-state index in [1.54, 1.807) is 0 Å². The van der Waals surface area contributed by atoms with E-state index < -0.39 is 0 Å². The van der Waals surface area contributed by atoms with Crippen molar-refractivity contribution in [3.8, 4) is 0 Å². The molecule has 4 rings (SSSR count). The average Bonchev–Trinajstić information content (AvgIpc) is 2.71. The van der Waals surface area contributed by atoms with Crippen LogP contribution in [0.5, 0.6) is 0 Å². The molecule has 0 spiro atoms. The van der Waals surface area contributed by atoms with Gasteiger partial charge in [0.05, 0.1) is 19.3 Å². The van der Waals surface area contributed by atoms with Gasteiger partial charge in [0.2, 0.25) is 0 Å². The van der Waals surface area contributed by atoms with E-state index in [4.69, 9.17) is 9.47 Å². The number of rotatable bonds is 2. The maximum atomic E-state index is 5.71. The Morgan fingerprint density at radius 2 is 1.59 bits per heavy atom. The maximum absolute atomic E-state index is 5.71. The van der Waals surface area contributed by atoms with Crippen molar-refractivity contribution in [1.82, 2.24) is 5.32 Å². The van der Waals surface area contributed by atoms with Gasteiger partial charge in [-0.3, -0.25) is 0 Å². The second-order valence-electron chi connectivity index (χ2n) is 6.90. The Hall–Kier alpha value is -0.120. The highest BCUT2D eigenvalue weighted by atomic mass is 16.7. The SMILES string of the molecule is CC1(C)OCC(NC2C3C4CCC(C4)C23)CO1. The van der Waals surface area contributed by atoms with Gasteiger partial charge >= 0.3 is 0 Å². The fourth-order valence-electron chi connectivity index (χ4n) is 4.61. The van der Waals surface area contributed by atoms with Gasteiger partial charge in [-0.2, -0.15) is 0 Å². The first-order valence-corrected chi connectivity index (χ1v) is 7.18. The molecule has 1 saturated heterocycles. The first kappa shape index (κ1) is 10.8. The van der Waals surface area contributed by atoms with Crippen LogP contribution >= 0.6 is 0 Å². The zero-order valence-corrected chi connectivity index (χ0v) is 10.8. The van der Waals surface area contributed by atoms with E-state index in [1.807, 2.05) is 13.8 Å². The van der Waals surface area contributed by atoms with Gasteiger partial charge in [-0.25, -0.2) is 0 Å². The van der Waals surface area contributed by atoms with E-state index in [2.05, 4.69) is 5.32 Å². The van der Waals surface area contributed by atoms with Crippen molar-refractivity contribution in [1.29, 1.82) is 0 Å². The minimum atomic E-state index is -0.378. The average molecular weight is 237 g/mol. The highest BCUT2D eigenvalue weighted by Gasteiger charge is 2.65. The highest BCUT2D eigenvalue weighted by Crippen LogP contribution is 2.65. The summed E-state index contributed by atoms with van der Waals surface area (Å²) in [6.45, 7) is 5.60. The summed E-state index contributed by atoms with van der Waals surface area (Å²) in [5.74, 6) is 3.72. The van der Waals surface area contributed by atoms with Crippen molar-refractivity contribution in [3.63, 3.8) is 0 Å². The predicted molar refractivity (Wildman–Crippen MR) is 64.5 cm³/mol. The van der Waals surface area contributed by atoms with Crippen molar-refractivity contribution < 1.29 is 9.47 Å². The second-order valence-corrected chi connectivity index (χ2v) is 6.90. The molecule has 17 heavy (non-hydrogen) atoms. The summed E-state index contributed by atoms with van der Waals surface area (Å²) in [5.41, 5.74) is 0. The van der Waals surface area contributed by atoms with Crippen LogP contribution in [0.2, 0.25) is 0 Å². The molecule has 4 unspecified atom stereocenters. The lowest BCUT2D eigenvalue weighted by atomic mass is 10.0. The molecule has 4 fully saturated rings. The summed E-state index contributed by atoms with van der Waals surface area (Å²) in [7, 11) is 0. The zero-order valence-electron chi connectivity index (χ0n) is 10.8. The minimum Gasteiger partial charge on any atom is -0.349 e. The van der Waals surface area contributed by atoms with Crippen LogP contribution < -0.4 is 5.32 Å². The molecule has 1 N–H and O–H groups in total. The predicted octanol–water partition coefficient (Wildman–Crippen LogP) is 1.77. The van der Waals surface area contributed by atoms with Gasteiger partial charge in [0, 0.05) is 6.04 Å². The number of hydrogen-bond donors (Lipinski definition) is 1. The summed E-state index contributed by atoms with van der Waals surface area (Å²) in [5, 5.41) is 3.78. The molecule has 0 aromatic heterocycles. The Labute approximate surface area is 103 Å². The summed E-state index contributed by atoms with van der Waals surface area (Å²) >= 11 is 0. The third-order valence-electron chi connectivity index (χ3n) is 5.43. The third-order valence-corrected chi connectivity index (χ3v) is 5.43. The monoisotopic (exact) mass is 237 g/mol. The van der Waals surface area contributed by atoms with E-state index >= 15 is 0 Å². The van der Waals surface area contributed by atoms with Crippen molar-refractivity contribution >= 4 is 0 Å². The van der Waals surface area contributed by atoms with Crippen LogP contribution in [0.25, 0.3) is 0 Å². The molecule has 0 amide bonds. The number of hydrogen-bond acceptors (Lipinski definition) is 3. The topological polar surface area (TPSA) is 30.5 Å². The largest absolute Gasteiger partial charge is 0.349 e. The van der Waals surface area contributed by atoms with Crippen LogP contribution in [0.1, 0.15) is 33.1 Å². The van der Waals surface area contributed by atoms with E-state index in [-0.39, 0.29) is 5.79 Å². The lowest BCUT2D eigenvalue weighted by molar-refractivity contribution is -0.253. The Balaban J connectivity index is 1.33. The van der Waals surface area contributed by atoms with Crippen molar-refractivity contribution in [3.05, 3.63) is 0 Å². The van der Waals surface area contributed by atoms with E-state index in [9.17, 15) is 0 Å². The van der Waals surface area contributed by atoms with E-state index in [0.717, 1.165) is 42.9 Å². The Bertz CT molecular complexity index is 304. The second kappa shape index (κ2) is 3.46. The molecule has 1 heterocycles. The maximum Gasteiger partial charge on any atom is 0.162 e. The molecule has 0 aromatic rings. The molecular weight excluding hydrogens is 214 g/mol. The van der Waals surface area contributed by atoms with Gasteiger partial charge in [-0.1, -0.05) is 0 Å². The molecule has 4 atom stereocenters. The summed E-state index contributed by atoms with van der Waals surface area (Å²) < 4.78 is 11.4. The number of nitrogens with one attached hydrogen (secondary N) is 1. The number of fused-ring (bicyclic) bond motifs is 5. The van der Waals surface area contributed by atoms with Gasteiger partial charge in [0.25, 0.3) is 0 Å². The van der Waals surface area contributed by atoms with Crippen LogP contribution in [0, 0.1) is 23.7 Å². The quantitative estimate of drug-likeness (QED) is 0.794. The van der Waals surface area contributed by atoms with Gasteiger partial charge in [-0.05, 0) is 56.8 Å². The molecule has 1 aliphatic heterocycles.